The monoisotopic (exact) mass is 579 g/mol. The van der Waals surface area contributed by atoms with E-state index in [1.165, 1.54) is 6.08 Å². The van der Waals surface area contributed by atoms with Crippen LogP contribution in [0.2, 0.25) is 5.02 Å². The predicted octanol–water partition coefficient (Wildman–Crippen LogP) is 5.25. The summed E-state index contributed by atoms with van der Waals surface area (Å²) in [6.07, 6.45) is 5.97. The molecule has 3 saturated heterocycles. The first kappa shape index (κ1) is 27.6. The highest BCUT2D eigenvalue weighted by Gasteiger charge is 2.52. The van der Waals surface area contributed by atoms with E-state index in [1.807, 2.05) is 24.1 Å². The minimum Gasteiger partial charge on any atom is -0.441 e. The summed E-state index contributed by atoms with van der Waals surface area (Å²) >= 11 is 7.10. The molecule has 11 heteroatoms. The van der Waals surface area contributed by atoms with Crippen LogP contribution in [0.15, 0.2) is 24.9 Å². The van der Waals surface area contributed by atoms with Gasteiger partial charge in [-0.1, -0.05) is 18.2 Å². The number of carbonyl (C=O) groups excluding carboxylic acids is 2. The van der Waals surface area contributed by atoms with Crippen LogP contribution in [0.4, 0.5) is 10.6 Å². The number of aromatic amines is 1. The summed E-state index contributed by atoms with van der Waals surface area (Å²) in [6, 6.07) is 2.17. The molecule has 3 fully saturated rings. The molecule has 218 valence electrons. The van der Waals surface area contributed by atoms with E-state index >= 15 is 0 Å². The largest absolute Gasteiger partial charge is 0.441 e. The Morgan fingerprint density at radius 1 is 1.22 bits per heavy atom. The number of amides is 2. The molecule has 0 saturated carbocycles. The average molecular weight is 580 g/mol. The third-order valence-corrected chi connectivity index (χ3v) is 9.70. The van der Waals surface area contributed by atoms with Crippen LogP contribution in [0.3, 0.4) is 0 Å². The summed E-state index contributed by atoms with van der Waals surface area (Å²) in [5.74, 6) is 0.845. The van der Waals surface area contributed by atoms with Crippen LogP contribution in [-0.4, -0.2) is 86.1 Å². The molecule has 1 unspecified atom stereocenters. The molecule has 3 aliphatic rings. The lowest BCUT2D eigenvalue weighted by molar-refractivity contribution is -0.127. The zero-order valence-electron chi connectivity index (χ0n) is 24.5. The van der Waals surface area contributed by atoms with Gasteiger partial charge < -0.3 is 19.4 Å². The third-order valence-electron chi connectivity index (χ3n) is 9.22. The first-order valence-corrected chi connectivity index (χ1v) is 14.7. The first-order chi connectivity index (χ1) is 19.4. The molecule has 1 aromatic carbocycles. The minimum absolute atomic E-state index is 0.0295. The van der Waals surface area contributed by atoms with Gasteiger partial charge in [0.1, 0.15) is 5.60 Å². The Labute approximate surface area is 245 Å². The number of aromatic nitrogens is 4. The molecular formula is C30H38ClN7O3. The number of H-pyrrole nitrogens is 1. The number of likely N-dealkylation sites (tertiary alicyclic amines) is 1. The van der Waals surface area contributed by atoms with E-state index in [4.69, 9.17) is 21.4 Å². The number of carbonyl (C=O) groups is 2. The number of anilines is 1. The van der Waals surface area contributed by atoms with Gasteiger partial charge in [-0.2, -0.15) is 10.2 Å². The third kappa shape index (κ3) is 4.47. The van der Waals surface area contributed by atoms with Crippen molar-refractivity contribution in [3.63, 3.8) is 0 Å². The number of halogens is 1. The number of ether oxygens (including phenoxy) is 1. The highest BCUT2D eigenvalue weighted by Crippen LogP contribution is 2.49. The summed E-state index contributed by atoms with van der Waals surface area (Å²) in [5.41, 5.74) is 3.99. The second-order valence-electron chi connectivity index (χ2n) is 12.5. The molecule has 0 aliphatic carbocycles. The van der Waals surface area contributed by atoms with E-state index < -0.39 is 5.60 Å². The van der Waals surface area contributed by atoms with Gasteiger partial charge in [0.05, 0.1) is 29.3 Å². The SMILES string of the molecule is C=CC(=O)N1CCC(n2nc(N3CCC4(CN(C)C(=O)O4)CC3(C)C)c(-c3c(Cl)c(C)cc4[nH]ncc34)c2C)CC1. The maximum Gasteiger partial charge on any atom is 0.410 e. The summed E-state index contributed by atoms with van der Waals surface area (Å²) in [6.45, 7) is 14.8. The summed E-state index contributed by atoms with van der Waals surface area (Å²) < 4.78 is 8.09. The van der Waals surface area contributed by atoms with Crippen molar-refractivity contribution in [2.24, 2.45) is 0 Å². The van der Waals surface area contributed by atoms with Crippen LogP contribution in [0.1, 0.15) is 56.8 Å². The Kier molecular flexibility index (Phi) is 6.60. The maximum atomic E-state index is 12.3. The fourth-order valence-corrected chi connectivity index (χ4v) is 7.49. The van der Waals surface area contributed by atoms with Crippen LogP contribution < -0.4 is 4.90 Å². The van der Waals surface area contributed by atoms with Crippen molar-refractivity contribution in [1.82, 2.24) is 29.8 Å². The van der Waals surface area contributed by atoms with Gasteiger partial charge in [0.25, 0.3) is 0 Å². The predicted molar refractivity (Wildman–Crippen MR) is 159 cm³/mol. The van der Waals surface area contributed by atoms with E-state index in [0.29, 0.717) is 44.0 Å². The number of hydrogen-bond acceptors (Lipinski definition) is 6. The highest BCUT2D eigenvalue weighted by atomic mass is 35.5. The molecular weight excluding hydrogens is 542 g/mol. The molecule has 2 aromatic heterocycles. The van der Waals surface area contributed by atoms with E-state index in [9.17, 15) is 9.59 Å². The van der Waals surface area contributed by atoms with Gasteiger partial charge in [-0.3, -0.25) is 14.6 Å². The second kappa shape index (κ2) is 9.79. The molecule has 41 heavy (non-hydrogen) atoms. The summed E-state index contributed by atoms with van der Waals surface area (Å²) in [4.78, 5) is 30.5. The van der Waals surface area contributed by atoms with Gasteiger partial charge in [-0.15, -0.1) is 0 Å². The molecule has 3 aliphatic heterocycles. The maximum absolute atomic E-state index is 12.3. The molecule has 1 atom stereocenters. The van der Waals surface area contributed by atoms with Gasteiger partial charge >= 0.3 is 6.09 Å². The number of benzene rings is 1. The van der Waals surface area contributed by atoms with Crippen molar-refractivity contribution in [2.45, 2.75) is 70.6 Å². The van der Waals surface area contributed by atoms with Crippen LogP contribution in [0.25, 0.3) is 22.0 Å². The zero-order chi connectivity index (χ0) is 29.3. The summed E-state index contributed by atoms with van der Waals surface area (Å²) in [5, 5.41) is 14.4. The number of fused-ring (bicyclic) bond motifs is 1. The Morgan fingerprint density at radius 2 is 1.95 bits per heavy atom. The Balaban J connectivity index is 1.46. The standard InChI is InChI=1S/C30H38ClN7O3/c1-7-23(39)36-11-8-20(9-12-36)38-19(3)24(25-21-15-32-33-22(21)14-18(2)26(25)31)27(34-38)37-13-10-30(16-29(37,4)5)17-35(6)28(40)41-30/h7,14-15,20H,1,8-13,16-17H2,2-6H3,(H,32,33). The first-order valence-electron chi connectivity index (χ1n) is 14.3. The molecule has 6 rings (SSSR count). The van der Waals surface area contributed by atoms with Crippen LogP contribution in [0.5, 0.6) is 0 Å². The number of likely N-dealkylation sites (N-methyl/N-ethyl adjacent to an activating group) is 1. The lowest BCUT2D eigenvalue weighted by atomic mass is 9.79. The van der Waals surface area contributed by atoms with Crippen molar-refractivity contribution in [2.75, 3.05) is 38.1 Å². The van der Waals surface area contributed by atoms with E-state index in [1.54, 1.807) is 11.9 Å². The molecule has 5 heterocycles. The molecule has 10 nitrogen and oxygen atoms in total. The number of rotatable bonds is 4. The number of aryl methyl sites for hydroxylation is 1. The average Bonchev–Trinajstić information content (AvgIpc) is 3.60. The number of nitrogens with zero attached hydrogens (tertiary/aromatic N) is 6. The van der Waals surface area contributed by atoms with Crippen molar-refractivity contribution >= 4 is 40.3 Å². The topological polar surface area (TPSA) is 99.6 Å². The highest BCUT2D eigenvalue weighted by molar-refractivity contribution is 6.36. The number of nitrogens with one attached hydrogen (secondary N) is 1. The van der Waals surface area contributed by atoms with Crippen molar-refractivity contribution in [1.29, 1.82) is 0 Å². The van der Waals surface area contributed by atoms with E-state index in [-0.39, 0.29) is 23.6 Å². The van der Waals surface area contributed by atoms with Gasteiger partial charge in [0.15, 0.2) is 5.82 Å². The zero-order valence-corrected chi connectivity index (χ0v) is 25.2. The number of hydrogen-bond donors (Lipinski definition) is 1. The van der Waals surface area contributed by atoms with Gasteiger partial charge in [-0.05, 0) is 58.2 Å². The van der Waals surface area contributed by atoms with Crippen LogP contribution in [-0.2, 0) is 9.53 Å². The lowest BCUT2D eigenvalue weighted by Crippen LogP contribution is -2.58. The molecule has 0 radical (unpaired) electrons. The summed E-state index contributed by atoms with van der Waals surface area (Å²) in [7, 11) is 1.80. The van der Waals surface area contributed by atoms with Gasteiger partial charge in [-0.25, -0.2) is 4.79 Å². The normalized spacial score (nSPS) is 23.1. The van der Waals surface area contributed by atoms with Gasteiger partial charge in [0, 0.05) is 67.3 Å². The Bertz CT molecular complexity index is 1550. The minimum atomic E-state index is -0.507. The molecule has 2 amide bonds. The smallest absolute Gasteiger partial charge is 0.410 e. The Morgan fingerprint density at radius 3 is 2.59 bits per heavy atom. The van der Waals surface area contributed by atoms with Crippen LogP contribution in [0, 0.1) is 13.8 Å². The second-order valence-corrected chi connectivity index (χ2v) is 12.9. The number of piperidine rings is 2. The van der Waals surface area contributed by atoms with E-state index in [0.717, 1.165) is 51.9 Å². The molecule has 0 bridgehead atoms. The quantitative estimate of drug-likeness (QED) is 0.424. The van der Waals surface area contributed by atoms with E-state index in [2.05, 4.69) is 47.1 Å². The molecule has 3 aromatic rings. The van der Waals surface area contributed by atoms with Crippen LogP contribution >= 0.6 is 11.6 Å². The molecule has 1 N–H and O–H groups in total. The molecule has 1 spiro atoms. The fraction of sp³-hybridized carbons (Fsp3) is 0.533. The Hall–Kier alpha value is -3.53. The fourth-order valence-electron chi connectivity index (χ4n) is 7.24. The van der Waals surface area contributed by atoms with Crippen molar-refractivity contribution in [3.8, 4) is 11.1 Å². The van der Waals surface area contributed by atoms with Crippen molar-refractivity contribution in [3.05, 3.63) is 41.2 Å². The lowest BCUT2D eigenvalue weighted by Gasteiger charge is -2.49. The van der Waals surface area contributed by atoms with Crippen molar-refractivity contribution < 1.29 is 14.3 Å². The van der Waals surface area contributed by atoms with Gasteiger partial charge in [0.2, 0.25) is 5.91 Å².